The highest BCUT2D eigenvalue weighted by Crippen LogP contribution is 2.20. The molecule has 1 aromatic heterocycles. The molecule has 0 saturated carbocycles. The number of unbranched alkanes of at least 4 members (excludes halogenated alkanes) is 1. The van der Waals surface area contributed by atoms with Crippen LogP contribution in [0, 0.1) is 0 Å². The van der Waals surface area contributed by atoms with Crippen molar-refractivity contribution in [1.29, 1.82) is 0 Å². The van der Waals surface area contributed by atoms with Gasteiger partial charge in [-0.05, 0) is 26.3 Å². The van der Waals surface area contributed by atoms with Crippen LogP contribution < -0.4 is 10.5 Å². The average molecular weight is 225 g/mol. The summed E-state index contributed by atoms with van der Waals surface area (Å²) in [5.41, 5.74) is 5.96. The van der Waals surface area contributed by atoms with Gasteiger partial charge in [-0.2, -0.15) is 5.10 Å². The highest BCUT2D eigenvalue weighted by molar-refractivity contribution is 5.96. The van der Waals surface area contributed by atoms with Crippen molar-refractivity contribution in [3.63, 3.8) is 0 Å². The maximum Gasteiger partial charge on any atom is 0.184 e. The first-order valence-corrected chi connectivity index (χ1v) is 5.57. The van der Waals surface area contributed by atoms with Crippen molar-refractivity contribution >= 4 is 5.78 Å². The van der Waals surface area contributed by atoms with Gasteiger partial charge in [0.2, 0.25) is 0 Å². The summed E-state index contributed by atoms with van der Waals surface area (Å²) in [6, 6.07) is 0. The van der Waals surface area contributed by atoms with Crippen molar-refractivity contribution in [2.45, 2.75) is 32.7 Å². The summed E-state index contributed by atoms with van der Waals surface area (Å²) in [6.45, 7) is 3.24. The number of carbonyl (C=O) groups is 1. The molecule has 0 spiro atoms. The van der Waals surface area contributed by atoms with Gasteiger partial charge in [0, 0.05) is 13.0 Å². The molecule has 1 heterocycles. The molecule has 0 fully saturated rings. The van der Waals surface area contributed by atoms with E-state index in [1.165, 1.54) is 0 Å². The summed E-state index contributed by atoms with van der Waals surface area (Å²) < 4.78 is 6.80. The summed E-state index contributed by atoms with van der Waals surface area (Å²) in [5, 5.41) is 4.10. The fraction of sp³-hybridized carbons (Fsp3) is 0.636. The van der Waals surface area contributed by atoms with E-state index in [0.717, 1.165) is 12.8 Å². The quantitative estimate of drug-likeness (QED) is 0.559. The van der Waals surface area contributed by atoms with E-state index in [1.807, 2.05) is 6.92 Å². The van der Waals surface area contributed by atoms with Crippen LogP contribution in [0.25, 0.3) is 0 Å². The van der Waals surface area contributed by atoms with Crippen molar-refractivity contribution in [2.24, 2.45) is 5.73 Å². The molecule has 0 aliphatic carbocycles. The normalized spacial score (nSPS) is 10.4. The van der Waals surface area contributed by atoms with Gasteiger partial charge < -0.3 is 10.5 Å². The second-order valence-corrected chi connectivity index (χ2v) is 3.55. The van der Waals surface area contributed by atoms with E-state index in [2.05, 4.69) is 5.10 Å². The molecule has 0 amide bonds. The second kappa shape index (κ2) is 6.27. The van der Waals surface area contributed by atoms with Gasteiger partial charge in [0.25, 0.3) is 0 Å². The van der Waals surface area contributed by atoms with Gasteiger partial charge in [0.15, 0.2) is 11.5 Å². The minimum Gasteiger partial charge on any atom is -0.493 e. The third kappa shape index (κ3) is 2.82. The van der Waals surface area contributed by atoms with Crippen LogP contribution in [0.2, 0.25) is 0 Å². The van der Waals surface area contributed by atoms with E-state index in [-0.39, 0.29) is 5.78 Å². The highest BCUT2D eigenvalue weighted by Gasteiger charge is 2.17. The molecule has 16 heavy (non-hydrogen) atoms. The lowest BCUT2D eigenvalue weighted by Crippen LogP contribution is -2.11. The molecule has 0 bridgehead atoms. The summed E-state index contributed by atoms with van der Waals surface area (Å²) in [5.74, 6) is 0.629. The molecule has 5 nitrogen and oxygen atoms in total. The monoisotopic (exact) mass is 225 g/mol. The van der Waals surface area contributed by atoms with Crippen LogP contribution in [0.15, 0.2) is 6.20 Å². The van der Waals surface area contributed by atoms with E-state index in [4.69, 9.17) is 10.5 Å². The Balaban J connectivity index is 2.75. The van der Waals surface area contributed by atoms with Crippen LogP contribution in [0.4, 0.5) is 0 Å². The number of ether oxygens (including phenoxy) is 1. The third-order valence-corrected chi connectivity index (χ3v) is 2.45. The standard InChI is InChI=1S/C11H19N3O2/c1-3-14-11(10(16-2)8-13-14)9(15)6-4-5-7-12/h8H,3-7,12H2,1-2H3. The number of ketones is 1. The summed E-state index contributed by atoms with van der Waals surface area (Å²) in [6.07, 6.45) is 3.76. The van der Waals surface area contributed by atoms with Crippen molar-refractivity contribution < 1.29 is 9.53 Å². The van der Waals surface area contributed by atoms with Crippen molar-refractivity contribution in [2.75, 3.05) is 13.7 Å². The SMILES string of the molecule is CCn1ncc(OC)c1C(=O)CCCCN. The minimum atomic E-state index is 0.0738. The van der Waals surface area contributed by atoms with E-state index >= 15 is 0 Å². The smallest absolute Gasteiger partial charge is 0.184 e. The highest BCUT2D eigenvalue weighted by atomic mass is 16.5. The van der Waals surface area contributed by atoms with Gasteiger partial charge in [0.05, 0.1) is 13.3 Å². The Kier molecular flexibility index (Phi) is 4.98. The molecule has 0 atom stereocenters. The molecule has 1 rings (SSSR count). The summed E-state index contributed by atoms with van der Waals surface area (Å²) >= 11 is 0. The number of Topliss-reactive ketones (excluding diaryl/α,β-unsaturated/α-hetero) is 1. The van der Waals surface area contributed by atoms with E-state index in [9.17, 15) is 4.79 Å². The number of carbonyl (C=O) groups excluding carboxylic acids is 1. The Morgan fingerprint density at radius 1 is 1.56 bits per heavy atom. The fourth-order valence-corrected chi connectivity index (χ4v) is 1.59. The Hall–Kier alpha value is -1.36. The molecule has 0 aliphatic rings. The second-order valence-electron chi connectivity index (χ2n) is 3.55. The van der Waals surface area contributed by atoms with Crippen LogP contribution >= 0.6 is 0 Å². The van der Waals surface area contributed by atoms with E-state index in [0.29, 0.717) is 31.0 Å². The van der Waals surface area contributed by atoms with E-state index < -0.39 is 0 Å². The Labute approximate surface area is 95.6 Å². The first-order valence-electron chi connectivity index (χ1n) is 5.57. The molecule has 0 radical (unpaired) electrons. The van der Waals surface area contributed by atoms with E-state index in [1.54, 1.807) is 18.0 Å². The van der Waals surface area contributed by atoms with Gasteiger partial charge in [-0.15, -0.1) is 0 Å². The van der Waals surface area contributed by atoms with Crippen molar-refractivity contribution in [3.05, 3.63) is 11.9 Å². The molecule has 0 unspecified atom stereocenters. The third-order valence-electron chi connectivity index (χ3n) is 2.45. The molecule has 5 heteroatoms. The van der Waals surface area contributed by atoms with Gasteiger partial charge in [-0.1, -0.05) is 0 Å². The number of methoxy groups -OCH3 is 1. The van der Waals surface area contributed by atoms with Crippen molar-refractivity contribution in [1.82, 2.24) is 9.78 Å². The molecule has 0 aliphatic heterocycles. The lowest BCUT2D eigenvalue weighted by atomic mass is 10.1. The predicted octanol–water partition coefficient (Wildman–Crippen LogP) is 1.22. The predicted molar refractivity (Wildman–Crippen MR) is 61.7 cm³/mol. The van der Waals surface area contributed by atoms with Crippen LogP contribution in [0.5, 0.6) is 5.75 Å². The summed E-state index contributed by atoms with van der Waals surface area (Å²) in [4.78, 5) is 12.0. The maximum atomic E-state index is 12.0. The first-order chi connectivity index (χ1) is 7.74. The number of nitrogens with zero attached hydrogens (tertiary/aromatic N) is 2. The summed E-state index contributed by atoms with van der Waals surface area (Å²) in [7, 11) is 1.55. The molecule has 1 aromatic rings. The number of hydrogen-bond acceptors (Lipinski definition) is 4. The lowest BCUT2D eigenvalue weighted by Gasteiger charge is -2.05. The number of aryl methyl sites for hydroxylation is 1. The number of rotatable bonds is 7. The number of hydrogen-bond donors (Lipinski definition) is 1. The zero-order valence-corrected chi connectivity index (χ0v) is 9.90. The molecular weight excluding hydrogens is 206 g/mol. The Bertz CT molecular complexity index is 325. The van der Waals surface area contributed by atoms with Crippen LogP contribution in [0.1, 0.15) is 36.7 Å². The number of aromatic nitrogens is 2. The van der Waals surface area contributed by atoms with Gasteiger partial charge in [0.1, 0.15) is 5.69 Å². The van der Waals surface area contributed by atoms with Gasteiger partial charge >= 0.3 is 0 Å². The first kappa shape index (κ1) is 12.7. The lowest BCUT2D eigenvalue weighted by molar-refractivity contribution is 0.0966. The number of nitrogens with two attached hydrogens (primary N) is 1. The molecule has 0 saturated heterocycles. The molecule has 90 valence electrons. The topological polar surface area (TPSA) is 70.1 Å². The zero-order valence-electron chi connectivity index (χ0n) is 9.90. The molecular formula is C11H19N3O2. The largest absolute Gasteiger partial charge is 0.493 e. The zero-order chi connectivity index (χ0) is 12.0. The van der Waals surface area contributed by atoms with Crippen LogP contribution in [-0.2, 0) is 6.54 Å². The van der Waals surface area contributed by atoms with Gasteiger partial charge in [-0.3, -0.25) is 9.48 Å². The van der Waals surface area contributed by atoms with Crippen molar-refractivity contribution in [3.8, 4) is 5.75 Å². The van der Waals surface area contributed by atoms with Crippen LogP contribution in [-0.4, -0.2) is 29.2 Å². The fourth-order valence-electron chi connectivity index (χ4n) is 1.59. The molecule has 2 N–H and O–H groups in total. The molecule has 0 aromatic carbocycles. The van der Waals surface area contributed by atoms with Gasteiger partial charge in [-0.25, -0.2) is 0 Å². The Morgan fingerprint density at radius 2 is 2.31 bits per heavy atom. The van der Waals surface area contributed by atoms with Crippen LogP contribution in [0.3, 0.4) is 0 Å². The minimum absolute atomic E-state index is 0.0738. The Morgan fingerprint density at radius 3 is 2.88 bits per heavy atom. The average Bonchev–Trinajstić information content (AvgIpc) is 2.71. The maximum absolute atomic E-state index is 12.0.